The van der Waals surface area contributed by atoms with Crippen molar-refractivity contribution in [2.45, 2.75) is 68.2 Å². The Balaban J connectivity index is 1.26. The van der Waals surface area contributed by atoms with Crippen LogP contribution in [0.5, 0.6) is 0 Å². The molecule has 2 heterocycles. The van der Waals surface area contributed by atoms with Crippen LogP contribution in [0.4, 0.5) is 17.6 Å². The topological polar surface area (TPSA) is 80.6 Å². The van der Waals surface area contributed by atoms with Crippen LogP contribution in [0.2, 0.25) is 0 Å². The van der Waals surface area contributed by atoms with Crippen molar-refractivity contribution in [3.05, 3.63) is 267 Å². The number of hydrogen-bond donors (Lipinski definition) is 0. The van der Waals surface area contributed by atoms with Crippen molar-refractivity contribution in [1.82, 2.24) is 29.9 Å². The number of aromatic nitrogens is 6. The summed E-state index contributed by atoms with van der Waals surface area (Å²) in [7, 11) is 0. The first-order valence-electron chi connectivity index (χ1n) is 26.4. The SMILES string of the molecule is Cc1cc(C)c(C(c2c(C)cc(C)cc2C)c2c(C)cc(C)c(N(c3nc(-c4ccccc4)nc(-c4ccccc4)n3)c3nc(-c4ccccc4)nc(-c4cc(-c5ccccc5)cc(-c5ccccc5)c4)n3)c2C)c(C)c1. The molecule has 0 radical (unpaired) electrons. The number of hydrogen-bond acceptors (Lipinski definition) is 7. The van der Waals surface area contributed by atoms with E-state index in [1.807, 2.05) is 91.0 Å². The second kappa shape index (κ2) is 21.2. The monoisotopic (exact) mass is 999 g/mol. The first-order valence-corrected chi connectivity index (χ1v) is 26.4. The molecule has 0 unspecified atom stereocenters. The molecule has 0 bridgehead atoms. The van der Waals surface area contributed by atoms with Gasteiger partial charge in [-0.15, -0.1) is 0 Å². The van der Waals surface area contributed by atoms with Gasteiger partial charge in [0.25, 0.3) is 0 Å². The van der Waals surface area contributed by atoms with Crippen molar-refractivity contribution in [3.8, 4) is 67.8 Å². The summed E-state index contributed by atoms with van der Waals surface area (Å²) in [5.41, 5.74) is 23.1. The second-order valence-corrected chi connectivity index (χ2v) is 20.5. The zero-order valence-corrected chi connectivity index (χ0v) is 45.3. The molecule has 7 nitrogen and oxygen atoms in total. The normalized spacial score (nSPS) is 11.3. The fourth-order valence-corrected chi connectivity index (χ4v) is 11.6. The highest BCUT2D eigenvalue weighted by Crippen LogP contribution is 2.48. The molecule has 0 saturated carbocycles. The lowest BCUT2D eigenvalue weighted by atomic mass is 9.74. The average molecular weight is 1000 g/mol. The summed E-state index contributed by atoms with van der Waals surface area (Å²) in [6, 6.07) is 69.6. The van der Waals surface area contributed by atoms with Gasteiger partial charge < -0.3 is 0 Å². The van der Waals surface area contributed by atoms with Crippen molar-refractivity contribution < 1.29 is 0 Å². The molecule has 376 valence electrons. The minimum Gasteiger partial charge on any atom is -0.246 e. The summed E-state index contributed by atoms with van der Waals surface area (Å²) in [4.78, 5) is 34.7. The Labute approximate surface area is 453 Å². The van der Waals surface area contributed by atoms with Gasteiger partial charge in [-0.25, -0.2) is 14.9 Å². The summed E-state index contributed by atoms with van der Waals surface area (Å²) in [6.45, 7) is 20.1. The number of nitrogens with zero attached hydrogens (tertiary/aromatic N) is 7. The maximum atomic E-state index is 5.63. The summed E-state index contributed by atoms with van der Waals surface area (Å²) < 4.78 is 0. The van der Waals surface area contributed by atoms with Gasteiger partial charge >= 0.3 is 0 Å². The van der Waals surface area contributed by atoms with Crippen LogP contribution in [0.1, 0.15) is 72.7 Å². The first-order chi connectivity index (χ1) is 37.4. The molecular formula is C70H61N7. The summed E-state index contributed by atoms with van der Waals surface area (Å²) >= 11 is 0. The molecule has 0 aliphatic heterocycles. The summed E-state index contributed by atoms with van der Waals surface area (Å²) in [6.07, 6.45) is 0. The third-order valence-corrected chi connectivity index (χ3v) is 14.7. The first kappa shape index (κ1) is 50.0. The van der Waals surface area contributed by atoms with Gasteiger partial charge in [0.15, 0.2) is 23.3 Å². The van der Waals surface area contributed by atoms with Crippen molar-refractivity contribution in [2.24, 2.45) is 0 Å². The zero-order chi connectivity index (χ0) is 53.3. The van der Waals surface area contributed by atoms with Gasteiger partial charge in [0, 0.05) is 28.2 Å². The van der Waals surface area contributed by atoms with E-state index in [2.05, 4.69) is 176 Å². The van der Waals surface area contributed by atoms with Gasteiger partial charge in [0.05, 0.1) is 5.69 Å². The van der Waals surface area contributed by atoms with Gasteiger partial charge in [-0.05, 0) is 158 Å². The van der Waals surface area contributed by atoms with E-state index in [-0.39, 0.29) is 5.92 Å². The number of aryl methyl sites for hydroxylation is 8. The quantitative estimate of drug-likeness (QED) is 0.113. The largest absolute Gasteiger partial charge is 0.246 e. The molecule has 0 fully saturated rings. The van der Waals surface area contributed by atoms with Crippen LogP contribution in [0.3, 0.4) is 0 Å². The molecule has 9 aromatic carbocycles. The van der Waals surface area contributed by atoms with E-state index in [9.17, 15) is 0 Å². The number of rotatable bonds is 12. The third kappa shape index (κ3) is 10.1. The highest BCUT2D eigenvalue weighted by Gasteiger charge is 2.33. The highest BCUT2D eigenvalue weighted by molar-refractivity contribution is 5.83. The maximum absolute atomic E-state index is 5.63. The Hall–Kier alpha value is -9.20. The van der Waals surface area contributed by atoms with Gasteiger partial charge in [-0.1, -0.05) is 193 Å². The van der Waals surface area contributed by atoms with Crippen LogP contribution in [0, 0.1) is 62.3 Å². The maximum Gasteiger partial charge on any atom is 0.241 e. The van der Waals surface area contributed by atoms with Gasteiger partial charge in [0.1, 0.15) is 0 Å². The van der Waals surface area contributed by atoms with E-state index in [1.54, 1.807) is 0 Å². The van der Waals surface area contributed by atoms with Crippen molar-refractivity contribution in [3.63, 3.8) is 0 Å². The van der Waals surface area contributed by atoms with Gasteiger partial charge in [-0.3, -0.25) is 0 Å². The van der Waals surface area contributed by atoms with Crippen LogP contribution in [0.15, 0.2) is 200 Å². The Bertz CT molecular complexity index is 3730. The molecule has 2 aromatic heterocycles. The van der Waals surface area contributed by atoms with Crippen molar-refractivity contribution in [1.29, 1.82) is 0 Å². The molecule has 11 rings (SSSR count). The van der Waals surface area contributed by atoms with Crippen molar-refractivity contribution in [2.75, 3.05) is 4.90 Å². The van der Waals surface area contributed by atoms with E-state index in [0.717, 1.165) is 61.3 Å². The fourth-order valence-electron chi connectivity index (χ4n) is 11.6. The Morgan fingerprint density at radius 2 is 0.571 bits per heavy atom. The predicted octanol–water partition coefficient (Wildman–Crippen LogP) is 17.5. The van der Waals surface area contributed by atoms with E-state index in [0.29, 0.717) is 35.2 Å². The molecule has 7 heteroatoms. The minimum absolute atomic E-state index is 0.124. The van der Waals surface area contributed by atoms with E-state index >= 15 is 0 Å². The lowest BCUT2D eigenvalue weighted by molar-refractivity contribution is 0.891. The Kier molecular flexibility index (Phi) is 13.8. The lowest BCUT2D eigenvalue weighted by Gasteiger charge is -2.33. The van der Waals surface area contributed by atoms with Crippen LogP contribution in [-0.2, 0) is 0 Å². The number of anilines is 3. The Morgan fingerprint density at radius 3 is 0.922 bits per heavy atom. The zero-order valence-electron chi connectivity index (χ0n) is 45.3. The lowest BCUT2D eigenvalue weighted by Crippen LogP contribution is -2.22. The molecule has 0 N–H and O–H groups in total. The molecule has 0 saturated heterocycles. The molecular weight excluding hydrogens is 939 g/mol. The molecule has 11 aromatic rings. The van der Waals surface area contributed by atoms with E-state index in [1.165, 1.54) is 55.6 Å². The van der Waals surface area contributed by atoms with Crippen LogP contribution >= 0.6 is 0 Å². The number of benzene rings is 9. The molecule has 0 aliphatic rings. The summed E-state index contributed by atoms with van der Waals surface area (Å²) in [5, 5.41) is 0. The standard InChI is InChI=1S/C70H61N7/c1-43-35-45(3)60(46(4)36-43)63(61-47(5)37-44(2)38-48(61)6)62-49(7)39-50(8)64(51(62)9)77(69-73-65(54-29-19-12-20-30-54)71-66(74-69)55-31-21-13-22-32-55)70-75-67(56-33-23-14-24-34-56)72-68(76-70)59-41-57(52-25-15-10-16-26-52)40-58(42-59)53-27-17-11-18-28-53/h10-42,63H,1-9H3. The Morgan fingerprint density at radius 1 is 0.273 bits per heavy atom. The summed E-state index contributed by atoms with van der Waals surface area (Å²) in [5.74, 6) is 2.69. The third-order valence-electron chi connectivity index (χ3n) is 14.7. The molecule has 77 heavy (non-hydrogen) atoms. The molecule has 0 aliphatic carbocycles. The predicted molar refractivity (Wildman–Crippen MR) is 317 cm³/mol. The molecule has 0 amide bonds. The van der Waals surface area contributed by atoms with E-state index < -0.39 is 0 Å². The van der Waals surface area contributed by atoms with Gasteiger partial charge in [0.2, 0.25) is 11.9 Å². The highest BCUT2D eigenvalue weighted by atomic mass is 15.4. The van der Waals surface area contributed by atoms with Crippen LogP contribution in [-0.4, -0.2) is 29.9 Å². The second-order valence-electron chi connectivity index (χ2n) is 20.5. The van der Waals surface area contributed by atoms with E-state index in [4.69, 9.17) is 29.9 Å². The molecule has 0 spiro atoms. The average Bonchev–Trinajstić information content (AvgIpc) is 3.52. The van der Waals surface area contributed by atoms with Crippen LogP contribution in [0.25, 0.3) is 67.8 Å². The van der Waals surface area contributed by atoms with Crippen LogP contribution < -0.4 is 4.90 Å². The minimum atomic E-state index is -0.124. The van der Waals surface area contributed by atoms with Gasteiger partial charge in [-0.2, -0.15) is 19.9 Å². The fraction of sp³-hybridized carbons (Fsp3) is 0.143. The smallest absolute Gasteiger partial charge is 0.241 e. The van der Waals surface area contributed by atoms with Crippen molar-refractivity contribution >= 4 is 17.6 Å². The molecule has 0 atom stereocenters.